The van der Waals surface area contributed by atoms with Gasteiger partial charge in [-0.2, -0.15) is 0 Å². The molecule has 1 fully saturated rings. The summed E-state index contributed by atoms with van der Waals surface area (Å²) in [6, 6.07) is 16.2. The summed E-state index contributed by atoms with van der Waals surface area (Å²) in [4.78, 5) is 39.7. The van der Waals surface area contributed by atoms with Crippen molar-refractivity contribution in [2.24, 2.45) is 0 Å². The lowest BCUT2D eigenvalue weighted by Crippen LogP contribution is -2.54. The maximum Gasteiger partial charge on any atom is 0.290 e. The van der Waals surface area contributed by atoms with Gasteiger partial charge in [0.05, 0.1) is 16.2 Å². The number of nitrogens with one attached hydrogen (secondary N) is 1. The van der Waals surface area contributed by atoms with E-state index in [0.717, 1.165) is 35.0 Å². The van der Waals surface area contributed by atoms with Crippen molar-refractivity contribution in [1.82, 2.24) is 5.32 Å². The Morgan fingerprint density at radius 1 is 0.966 bits per heavy atom. The molecule has 0 aromatic heterocycles. The summed E-state index contributed by atoms with van der Waals surface area (Å²) < 4.78 is 0. The second kappa shape index (κ2) is 5.83. The van der Waals surface area contributed by atoms with E-state index < -0.39 is 16.7 Å². The van der Waals surface area contributed by atoms with Crippen LogP contribution in [0, 0.1) is 0 Å². The number of para-hydroxylation sites is 1. The van der Waals surface area contributed by atoms with E-state index in [0.29, 0.717) is 5.57 Å². The molecule has 0 bridgehead atoms. The molecule has 0 saturated carbocycles. The third kappa shape index (κ3) is 2.38. The van der Waals surface area contributed by atoms with Crippen molar-refractivity contribution < 1.29 is 14.4 Å². The minimum absolute atomic E-state index is 0.194. The van der Waals surface area contributed by atoms with E-state index in [-0.39, 0.29) is 16.2 Å². The van der Waals surface area contributed by atoms with Crippen LogP contribution in [0.25, 0.3) is 5.57 Å². The van der Waals surface area contributed by atoms with Gasteiger partial charge < -0.3 is 4.90 Å². The van der Waals surface area contributed by atoms with Crippen LogP contribution < -0.4 is 10.2 Å². The smallest absolute Gasteiger partial charge is 0.290 e. The van der Waals surface area contributed by atoms with Gasteiger partial charge in [0.2, 0.25) is 0 Å². The molecule has 3 aliphatic rings. The molecule has 3 amide bonds. The predicted molar refractivity (Wildman–Crippen MR) is 114 cm³/mol. The van der Waals surface area contributed by atoms with E-state index in [2.05, 4.69) is 44.3 Å². The number of anilines is 1. The Morgan fingerprint density at radius 2 is 1.69 bits per heavy atom. The number of hydrogen-bond donors (Lipinski definition) is 1. The maximum atomic E-state index is 13.5. The Labute approximate surface area is 173 Å². The van der Waals surface area contributed by atoms with Gasteiger partial charge in [0.15, 0.2) is 0 Å². The molecule has 2 aromatic rings. The number of amides is 3. The van der Waals surface area contributed by atoms with Gasteiger partial charge in [-0.25, -0.2) is 0 Å². The number of rotatable bonds is 1. The van der Waals surface area contributed by atoms with Crippen molar-refractivity contribution in [3.63, 3.8) is 0 Å². The normalized spacial score (nSPS) is 27.3. The van der Waals surface area contributed by atoms with Crippen molar-refractivity contribution in [2.45, 2.75) is 38.1 Å². The van der Waals surface area contributed by atoms with Gasteiger partial charge in [-0.15, -0.1) is 0 Å². The van der Waals surface area contributed by atoms with Crippen molar-refractivity contribution in [3.05, 3.63) is 70.1 Å². The Morgan fingerprint density at radius 3 is 2.34 bits per heavy atom. The molecule has 5 nitrogen and oxygen atoms in total. The van der Waals surface area contributed by atoms with Gasteiger partial charge in [0, 0.05) is 16.5 Å². The molecule has 3 heterocycles. The van der Waals surface area contributed by atoms with Crippen LogP contribution in [0.3, 0.4) is 0 Å². The lowest BCUT2D eigenvalue weighted by molar-refractivity contribution is -0.116. The number of carbonyl (C=O) groups is 3. The molecule has 0 aliphatic carbocycles. The molecule has 29 heavy (non-hydrogen) atoms. The second-order valence-electron chi connectivity index (χ2n) is 8.58. The van der Waals surface area contributed by atoms with Gasteiger partial charge >= 0.3 is 0 Å². The number of carbonyl (C=O) groups excluding carboxylic acids is 3. The maximum absolute atomic E-state index is 13.5. The van der Waals surface area contributed by atoms with E-state index in [1.165, 1.54) is 5.56 Å². The van der Waals surface area contributed by atoms with Crippen molar-refractivity contribution in [2.75, 3.05) is 4.90 Å². The van der Waals surface area contributed by atoms with Gasteiger partial charge in [0.1, 0.15) is 0 Å². The summed E-state index contributed by atoms with van der Waals surface area (Å²) in [7, 11) is 0. The summed E-state index contributed by atoms with van der Waals surface area (Å²) >= 11 is 0.806. The molecular weight excluding hydrogens is 384 g/mol. The molecule has 1 saturated heterocycles. The zero-order valence-electron chi connectivity index (χ0n) is 16.4. The third-order valence-corrected chi connectivity index (χ3v) is 7.07. The Bertz CT molecular complexity index is 1140. The highest BCUT2D eigenvalue weighted by atomic mass is 32.2. The fraction of sp³-hybridized carbons (Fsp3) is 0.261. The third-order valence-electron chi connectivity index (χ3n) is 6.19. The lowest BCUT2D eigenvalue weighted by atomic mass is 9.65. The van der Waals surface area contributed by atoms with Gasteiger partial charge in [-0.05, 0) is 43.2 Å². The molecule has 2 aromatic carbocycles. The number of benzene rings is 2. The standard InChI is InChI=1S/C23H20N2O3S/c1-22(2)12-23(3,13-8-5-4-6-9-13)15-11-7-10-14-16(20(27)25(22)17(14)15)18-19(26)24-21(28)29-18/h4-11H,12H2,1-3H3,(H,24,26,28)/b18-16+/t23-/m0/s1. The van der Waals surface area contributed by atoms with Crippen LogP contribution in [-0.2, 0) is 15.0 Å². The number of nitrogens with zero attached hydrogens (tertiary/aromatic N) is 1. The fourth-order valence-electron chi connectivity index (χ4n) is 5.14. The van der Waals surface area contributed by atoms with Crippen LogP contribution in [0.2, 0.25) is 0 Å². The summed E-state index contributed by atoms with van der Waals surface area (Å²) in [5, 5.41) is 1.84. The van der Waals surface area contributed by atoms with Crippen LogP contribution in [0.1, 0.15) is 43.9 Å². The van der Waals surface area contributed by atoms with Crippen LogP contribution >= 0.6 is 11.8 Å². The van der Waals surface area contributed by atoms with E-state index in [4.69, 9.17) is 0 Å². The molecule has 0 radical (unpaired) electrons. The van der Waals surface area contributed by atoms with E-state index in [9.17, 15) is 14.4 Å². The number of hydrogen-bond acceptors (Lipinski definition) is 4. The van der Waals surface area contributed by atoms with Crippen molar-refractivity contribution >= 4 is 40.1 Å². The summed E-state index contributed by atoms with van der Waals surface area (Å²) in [6.45, 7) is 6.34. The van der Waals surface area contributed by atoms with Crippen LogP contribution in [0.15, 0.2) is 53.4 Å². The predicted octanol–water partition coefficient (Wildman–Crippen LogP) is 4.22. The molecule has 146 valence electrons. The lowest BCUT2D eigenvalue weighted by Gasteiger charge is -2.49. The first-order chi connectivity index (χ1) is 13.7. The van der Waals surface area contributed by atoms with Crippen LogP contribution in [0.5, 0.6) is 0 Å². The number of imide groups is 1. The largest absolute Gasteiger partial charge is 0.302 e. The number of thioether (sulfide) groups is 1. The van der Waals surface area contributed by atoms with Crippen LogP contribution in [0.4, 0.5) is 10.5 Å². The van der Waals surface area contributed by atoms with E-state index in [1.807, 2.05) is 35.2 Å². The summed E-state index contributed by atoms with van der Waals surface area (Å²) in [5.41, 5.74) is 3.44. The Hall–Kier alpha value is -2.86. The zero-order valence-corrected chi connectivity index (χ0v) is 17.2. The molecule has 1 atom stereocenters. The highest BCUT2D eigenvalue weighted by Crippen LogP contribution is 2.57. The highest BCUT2D eigenvalue weighted by Gasteiger charge is 2.53. The Balaban J connectivity index is 1.82. The first kappa shape index (κ1) is 18.2. The average molecular weight is 404 g/mol. The van der Waals surface area contributed by atoms with Crippen LogP contribution in [-0.4, -0.2) is 22.6 Å². The molecule has 6 heteroatoms. The quantitative estimate of drug-likeness (QED) is 0.723. The summed E-state index contributed by atoms with van der Waals surface area (Å²) in [5.74, 6) is -0.704. The average Bonchev–Trinajstić information content (AvgIpc) is 3.16. The SMILES string of the molecule is CC1(C)C[C@@](C)(c2ccccc2)c2cccc3c2N1C(=O)/C3=C1/SC(=O)NC1=O. The topological polar surface area (TPSA) is 66.5 Å². The minimum atomic E-state index is -0.496. The van der Waals surface area contributed by atoms with Gasteiger partial charge in [-0.3, -0.25) is 19.7 Å². The molecule has 0 spiro atoms. The first-order valence-electron chi connectivity index (χ1n) is 9.55. The van der Waals surface area contributed by atoms with Gasteiger partial charge in [-0.1, -0.05) is 55.5 Å². The molecule has 0 unspecified atom stereocenters. The monoisotopic (exact) mass is 404 g/mol. The van der Waals surface area contributed by atoms with Crippen molar-refractivity contribution in [3.8, 4) is 0 Å². The molecule has 3 aliphatic heterocycles. The molecule has 1 N–H and O–H groups in total. The Kier molecular flexibility index (Phi) is 3.65. The molecular formula is C23H20N2O3S. The van der Waals surface area contributed by atoms with Gasteiger partial charge in [0.25, 0.3) is 17.1 Å². The zero-order chi connectivity index (χ0) is 20.6. The highest BCUT2D eigenvalue weighted by molar-refractivity contribution is 8.18. The first-order valence-corrected chi connectivity index (χ1v) is 10.4. The van der Waals surface area contributed by atoms with E-state index >= 15 is 0 Å². The van der Waals surface area contributed by atoms with E-state index in [1.54, 1.807) is 0 Å². The fourth-order valence-corrected chi connectivity index (χ4v) is 5.91. The minimum Gasteiger partial charge on any atom is -0.302 e. The summed E-state index contributed by atoms with van der Waals surface area (Å²) in [6.07, 6.45) is 0.743. The second-order valence-corrected chi connectivity index (χ2v) is 9.56. The van der Waals surface area contributed by atoms with Crippen molar-refractivity contribution in [1.29, 1.82) is 0 Å². The molecule has 5 rings (SSSR count).